The molecular formula is C24H27N3O4S. The number of ether oxygens (including phenoxy) is 1. The molecule has 8 heteroatoms. The summed E-state index contributed by atoms with van der Waals surface area (Å²) < 4.78 is 6.71. The summed E-state index contributed by atoms with van der Waals surface area (Å²) in [5, 5.41) is 3.70. The minimum absolute atomic E-state index is 0.0513. The van der Waals surface area contributed by atoms with E-state index in [0.717, 1.165) is 23.7 Å². The highest BCUT2D eigenvalue weighted by Gasteiger charge is 2.15. The molecule has 0 saturated heterocycles. The smallest absolute Gasteiger partial charge is 0.316 e. The first kappa shape index (κ1) is 23.5. The number of anilines is 1. The molecule has 0 aliphatic carbocycles. The topological polar surface area (TPSA) is 90.3 Å². The Morgan fingerprint density at radius 1 is 1.12 bits per heavy atom. The molecule has 0 unspecified atom stereocenters. The van der Waals surface area contributed by atoms with E-state index < -0.39 is 11.9 Å². The van der Waals surface area contributed by atoms with Crippen LogP contribution in [0.2, 0.25) is 0 Å². The number of fused-ring (bicyclic) bond motifs is 1. The third-order valence-corrected chi connectivity index (χ3v) is 5.73. The third kappa shape index (κ3) is 6.43. The van der Waals surface area contributed by atoms with Gasteiger partial charge in [0.25, 0.3) is 11.5 Å². The van der Waals surface area contributed by atoms with Crippen molar-refractivity contribution in [2.24, 2.45) is 5.92 Å². The second kappa shape index (κ2) is 10.9. The first-order chi connectivity index (χ1) is 15.3. The molecule has 0 aliphatic rings. The van der Waals surface area contributed by atoms with Crippen LogP contribution in [0.5, 0.6) is 0 Å². The SMILES string of the molecule is Cc1ccc(NC(=O)COC(=O)CSc2nc3ccccc3c(=O)n2CCC(C)C)cc1. The Bertz CT molecular complexity index is 1160. The molecule has 32 heavy (non-hydrogen) atoms. The summed E-state index contributed by atoms with van der Waals surface area (Å²) in [6.07, 6.45) is 0.817. The zero-order valence-electron chi connectivity index (χ0n) is 18.5. The molecular weight excluding hydrogens is 426 g/mol. The van der Waals surface area contributed by atoms with Crippen molar-refractivity contribution in [2.45, 2.75) is 38.9 Å². The number of thioether (sulfide) groups is 1. The third-order valence-electron chi connectivity index (χ3n) is 4.78. The molecule has 0 bridgehead atoms. The maximum atomic E-state index is 13.0. The molecule has 3 rings (SSSR count). The fourth-order valence-corrected chi connectivity index (χ4v) is 3.81. The lowest BCUT2D eigenvalue weighted by molar-refractivity contribution is -0.144. The summed E-state index contributed by atoms with van der Waals surface area (Å²) in [5.41, 5.74) is 2.19. The lowest BCUT2D eigenvalue weighted by atomic mass is 10.1. The second-order valence-corrected chi connectivity index (χ2v) is 8.86. The van der Waals surface area contributed by atoms with Crippen LogP contribution < -0.4 is 10.9 Å². The number of benzene rings is 2. The Morgan fingerprint density at radius 3 is 2.56 bits per heavy atom. The highest BCUT2D eigenvalue weighted by Crippen LogP contribution is 2.19. The minimum atomic E-state index is -0.549. The first-order valence-corrected chi connectivity index (χ1v) is 11.5. The summed E-state index contributed by atoms with van der Waals surface area (Å²) in [5.74, 6) is -0.593. The molecule has 1 amide bonds. The number of aromatic nitrogens is 2. The van der Waals surface area contributed by atoms with E-state index in [0.29, 0.717) is 34.2 Å². The van der Waals surface area contributed by atoms with Crippen LogP contribution in [0.3, 0.4) is 0 Å². The number of esters is 1. The van der Waals surface area contributed by atoms with Crippen LogP contribution in [0.1, 0.15) is 25.8 Å². The fraction of sp³-hybridized carbons (Fsp3) is 0.333. The van der Waals surface area contributed by atoms with E-state index in [1.165, 1.54) is 0 Å². The molecule has 0 atom stereocenters. The molecule has 0 saturated carbocycles. The first-order valence-electron chi connectivity index (χ1n) is 10.5. The van der Waals surface area contributed by atoms with E-state index in [2.05, 4.69) is 24.1 Å². The predicted molar refractivity (Wildman–Crippen MR) is 127 cm³/mol. The number of nitrogens with zero attached hydrogens (tertiary/aromatic N) is 2. The van der Waals surface area contributed by atoms with Crippen LogP contribution in [0, 0.1) is 12.8 Å². The van der Waals surface area contributed by atoms with Gasteiger partial charge in [-0.05, 0) is 43.5 Å². The Labute approximate surface area is 191 Å². The molecule has 0 aliphatic heterocycles. The Kier molecular flexibility index (Phi) is 8.05. The molecule has 0 radical (unpaired) electrons. The van der Waals surface area contributed by atoms with Gasteiger partial charge in [0.05, 0.1) is 16.7 Å². The van der Waals surface area contributed by atoms with E-state index in [-0.39, 0.29) is 17.9 Å². The summed E-state index contributed by atoms with van der Waals surface area (Å²) >= 11 is 1.14. The van der Waals surface area contributed by atoms with E-state index in [9.17, 15) is 14.4 Å². The number of rotatable bonds is 9. The standard InChI is InChI=1S/C24H27N3O4S/c1-16(2)12-13-27-23(30)19-6-4-5-7-20(19)26-24(27)32-15-22(29)31-14-21(28)25-18-10-8-17(3)9-11-18/h4-11,16H,12-15H2,1-3H3,(H,25,28). The Hall–Kier alpha value is -3.13. The van der Waals surface area contributed by atoms with Crippen LogP contribution in [-0.2, 0) is 20.9 Å². The average molecular weight is 454 g/mol. The maximum absolute atomic E-state index is 13.0. The number of para-hydroxylation sites is 1. The molecule has 1 N–H and O–H groups in total. The number of hydrogen-bond acceptors (Lipinski definition) is 6. The lowest BCUT2D eigenvalue weighted by Gasteiger charge is -2.14. The van der Waals surface area contributed by atoms with Crippen molar-refractivity contribution in [3.8, 4) is 0 Å². The van der Waals surface area contributed by atoms with Gasteiger partial charge in [-0.15, -0.1) is 0 Å². The van der Waals surface area contributed by atoms with Gasteiger partial charge in [-0.1, -0.05) is 55.4 Å². The largest absolute Gasteiger partial charge is 0.455 e. The monoisotopic (exact) mass is 453 g/mol. The van der Waals surface area contributed by atoms with Crippen LogP contribution in [0.4, 0.5) is 5.69 Å². The van der Waals surface area contributed by atoms with E-state index >= 15 is 0 Å². The summed E-state index contributed by atoms with van der Waals surface area (Å²) in [6.45, 7) is 6.28. The molecule has 2 aromatic carbocycles. The van der Waals surface area contributed by atoms with Gasteiger partial charge in [0.1, 0.15) is 0 Å². The second-order valence-electron chi connectivity index (χ2n) is 7.91. The zero-order valence-corrected chi connectivity index (χ0v) is 19.3. The lowest BCUT2D eigenvalue weighted by Crippen LogP contribution is -2.25. The quantitative estimate of drug-likeness (QED) is 0.299. The number of aryl methyl sites for hydroxylation is 1. The Morgan fingerprint density at radius 2 is 1.84 bits per heavy atom. The molecule has 0 fully saturated rings. The van der Waals surface area contributed by atoms with Crippen molar-refractivity contribution in [3.05, 3.63) is 64.4 Å². The van der Waals surface area contributed by atoms with Gasteiger partial charge in [0.15, 0.2) is 11.8 Å². The van der Waals surface area contributed by atoms with Gasteiger partial charge < -0.3 is 10.1 Å². The normalized spacial score (nSPS) is 11.0. The van der Waals surface area contributed by atoms with Crippen LogP contribution in [0.25, 0.3) is 10.9 Å². The Balaban J connectivity index is 1.62. The van der Waals surface area contributed by atoms with Crippen molar-refractivity contribution >= 4 is 40.2 Å². The van der Waals surface area contributed by atoms with Crippen molar-refractivity contribution in [3.63, 3.8) is 0 Å². The number of hydrogen-bond donors (Lipinski definition) is 1. The summed E-state index contributed by atoms with van der Waals surface area (Å²) in [7, 11) is 0. The van der Waals surface area contributed by atoms with Gasteiger partial charge in [-0.3, -0.25) is 19.0 Å². The van der Waals surface area contributed by atoms with Crippen molar-refractivity contribution in [1.82, 2.24) is 9.55 Å². The number of amides is 1. The molecule has 3 aromatic rings. The summed E-state index contributed by atoms with van der Waals surface area (Å²) in [6, 6.07) is 14.5. The van der Waals surface area contributed by atoms with Crippen molar-refractivity contribution in [2.75, 3.05) is 17.7 Å². The number of carbonyl (C=O) groups excluding carboxylic acids is 2. The van der Waals surface area contributed by atoms with Crippen molar-refractivity contribution in [1.29, 1.82) is 0 Å². The van der Waals surface area contributed by atoms with E-state index in [1.54, 1.807) is 28.8 Å². The molecule has 7 nitrogen and oxygen atoms in total. The van der Waals surface area contributed by atoms with Gasteiger partial charge in [0.2, 0.25) is 0 Å². The van der Waals surface area contributed by atoms with Gasteiger partial charge >= 0.3 is 5.97 Å². The van der Waals surface area contributed by atoms with Crippen LogP contribution in [0.15, 0.2) is 58.5 Å². The number of carbonyl (C=O) groups is 2. The van der Waals surface area contributed by atoms with Gasteiger partial charge in [0, 0.05) is 12.2 Å². The predicted octanol–water partition coefficient (Wildman–Crippen LogP) is 4.03. The summed E-state index contributed by atoms with van der Waals surface area (Å²) in [4.78, 5) is 41.8. The molecule has 1 heterocycles. The zero-order chi connectivity index (χ0) is 23.1. The fourth-order valence-electron chi connectivity index (χ4n) is 2.99. The van der Waals surface area contributed by atoms with Crippen LogP contribution >= 0.6 is 11.8 Å². The maximum Gasteiger partial charge on any atom is 0.316 e. The highest BCUT2D eigenvalue weighted by molar-refractivity contribution is 7.99. The van der Waals surface area contributed by atoms with Gasteiger partial charge in [-0.25, -0.2) is 4.98 Å². The molecule has 0 spiro atoms. The highest BCUT2D eigenvalue weighted by atomic mass is 32.2. The molecule has 168 valence electrons. The number of nitrogens with one attached hydrogen (secondary N) is 1. The van der Waals surface area contributed by atoms with Gasteiger partial charge in [-0.2, -0.15) is 0 Å². The van der Waals surface area contributed by atoms with E-state index in [1.807, 2.05) is 31.2 Å². The average Bonchev–Trinajstić information content (AvgIpc) is 2.77. The van der Waals surface area contributed by atoms with Crippen molar-refractivity contribution < 1.29 is 14.3 Å². The van der Waals surface area contributed by atoms with E-state index in [4.69, 9.17) is 4.74 Å². The minimum Gasteiger partial charge on any atom is -0.455 e. The van der Waals surface area contributed by atoms with Crippen LogP contribution in [-0.4, -0.2) is 33.8 Å². The molecule has 1 aromatic heterocycles.